The highest BCUT2D eigenvalue weighted by atomic mass is 16.5. The topological polar surface area (TPSA) is 45.3 Å². The van der Waals surface area contributed by atoms with Gasteiger partial charge in [0.05, 0.1) is 13.0 Å². The van der Waals surface area contributed by atoms with E-state index in [1.54, 1.807) is 0 Å². The van der Waals surface area contributed by atoms with Gasteiger partial charge in [-0.2, -0.15) is 0 Å². The predicted molar refractivity (Wildman–Crippen MR) is 108 cm³/mol. The average Bonchev–Trinajstić information content (AvgIpc) is 3.04. The maximum Gasteiger partial charge on any atom is 0.225 e. The van der Waals surface area contributed by atoms with E-state index in [-0.39, 0.29) is 5.91 Å². The summed E-state index contributed by atoms with van der Waals surface area (Å²) in [6, 6.07) is 18.2. The molecular formula is C23H26N2O2. The first-order valence-electron chi connectivity index (χ1n) is 9.75. The molecular weight excluding hydrogens is 336 g/mol. The summed E-state index contributed by atoms with van der Waals surface area (Å²) in [5.41, 5.74) is 3.91. The first-order chi connectivity index (χ1) is 13.2. The van der Waals surface area contributed by atoms with Crippen molar-refractivity contribution in [1.82, 2.24) is 9.88 Å². The second-order valence-electron chi connectivity index (χ2n) is 7.28. The van der Waals surface area contributed by atoms with Gasteiger partial charge in [0.2, 0.25) is 5.91 Å². The number of amides is 1. The summed E-state index contributed by atoms with van der Waals surface area (Å²) in [4.78, 5) is 18.0. The van der Waals surface area contributed by atoms with E-state index in [4.69, 9.17) is 4.74 Å². The minimum absolute atomic E-state index is 0.194. The average molecular weight is 362 g/mol. The Labute approximate surface area is 160 Å². The number of fused-ring (bicyclic) bond motifs is 1. The molecule has 27 heavy (non-hydrogen) atoms. The lowest BCUT2D eigenvalue weighted by Gasteiger charge is -2.32. The van der Waals surface area contributed by atoms with Gasteiger partial charge in [-0.25, -0.2) is 0 Å². The van der Waals surface area contributed by atoms with E-state index in [0.717, 1.165) is 31.7 Å². The van der Waals surface area contributed by atoms with Crippen molar-refractivity contribution < 1.29 is 9.53 Å². The lowest BCUT2D eigenvalue weighted by molar-refractivity contribution is -0.132. The molecule has 0 aliphatic carbocycles. The smallest absolute Gasteiger partial charge is 0.225 e. The highest BCUT2D eigenvalue weighted by Gasteiger charge is 2.26. The third-order valence-corrected chi connectivity index (χ3v) is 5.53. The fourth-order valence-electron chi connectivity index (χ4n) is 4.17. The van der Waals surface area contributed by atoms with Crippen LogP contribution < -0.4 is 4.74 Å². The molecule has 4 heteroatoms. The number of aromatic nitrogens is 1. The van der Waals surface area contributed by atoms with Crippen LogP contribution in [0.1, 0.15) is 36.4 Å². The zero-order valence-corrected chi connectivity index (χ0v) is 15.8. The van der Waals surface area contributed by atoms with Crippen molar-refractivity contribution in [3.8, 4) is 5.75 Å². The highest BCUT2D eigenvalue weighted by Crippen LogP contribution is 2.35. The molecule has 1 aliphatic rings. The van der Waals surface area contributed by atoms with Gasteiger partial charge < -0.3 is 14.6 Å². The van der Waals surface area contributed by atoms with Crippen molar-refractivity contribution in [2.75, 3.05) is 19.7 Å². The second-order valence-corrected chi connectivity index (χ2v) is 7.28. The molecule has 4 rings (SSSR count). The van der Waals surface area contributed by atoms with Crippen LogP contribution in [0.3, 0.4) is 0 Å². The Kier molecular flexibility index (Phi) is 5.14. The molecule has 1 amide bonds. The van der Waals surface area contributed by atoms with Crippen molar-refractivity contribution in [2.45, 2.75) is 32.1 Å². The number of nitrogens with one attached hydrogen (secondary N) is 1. The Morgan fingerprint density at radius 1 is 1.07 bits per heavy atom. The molecule has 1 aliphatic heterocycles. The van der Waals surface area contributed by atoms with Crippen LogP contribution in [-0.4, -0.2) is 35.5 Å². The number of hydrogen-bond donors (Lipinski definition) is 1. The van der Waals surface area contributed by atoms with E-state index in [9.17, 15) is 4.79 Å². The summed E-state index contributed by atoms with van der Waals surface area (Å²) in [5.74, 6) is 1.53. The summed E-state index contributed by atoms with van der Waals surface area (Å²) in [6.07, 6.45) is 2.48. The molecule has 3 aromatic rings. The van der Waals surface area contributed by atoms with Gasteiger partial charge in [-0.1, -0.05) is 36.4 Å². The summed E-state index contributed by atoms with van der Waals surface area (Å²) in [7, 11) is 0. The van der Waals surface area contributed by atoms with E-state index >= 15 is 0 Å². The Balaban J connectivity index is 1.32. The Bertz CT molecular complexity index is 909. The predicted octanol–water partition coefficient (Wildman–Crippen LogP) is 4.65. The molecule has 0 unspecified atom stereocenters. The quantitative estimate of drug-likeness (QED) is 0.718. The number of hydrogen-bond acceptors (Lipinski definition) is 2. The number of aryl methyl sites for hydroxylation is 1. The van der Waals surface area contributed by atoms with E-state index < -0.39 is 0 Å². The van der Waals surface area contributed by atoms with Gasteiger partial charge in [0.25, 0.3) is 0 Å². The van der Waals surface area contributed by atoms with Crippen molar-refractivity contribution >= 4 is 16.8 Å². The number of rotatable bonds is 5. The molecule has 0 radical (unpaired) electrons. The molecule has 0 spiro atoms. The molecule has 4 nitrogen and oxygen atoms in total. The van der Waals surface area contributed by atoms with Crippen molar-refractivity contribution in [2.24, 2.45) is 0 Å². The number of aromatic amines is 1. The van der Waals surface area contributed by atoms with E-state index in [2.05, 4.69) is 36.2 Å². The molecule has 2 heterocycles. The van der Waals surface area contributed by atoms with Gasteiger partial charge in [-0.15, -0.1) is 0 Å². The number of H-pyrrole nitrogens is 1. The van der Waals surface area contributed by atoms with Crippen LogP contribution >= 0.6 is 0 Å². The van der Waals surface area contributed by atoms with E-state index in [0.29, 0.717) is 18.9 Å². The molecule has 1 saturated heterocycles. The van der Waals surface area contributed by atoms with Crippen molar-refractivity contribution in [3.05, 3.63) is 65.9 Å². The summed E-state index contributed by atoms with van der Waals surface area (Å²) in [5, 5.41) is 1.33. The van der Waals surface area contributed by atoms with Gasteiger partial charge in [-0.05, 0) is 49.4 Å². The minimum atomic E-state index is 0.194. The van der Waals surface area contributed by atoms with Crippen LogP contribution in [0.5, 0.6) is 5.75 Å². The monoisotopic (exact) mass is 362 g/mol. The van der Waals surface area contributed by atoms with Gasteiger partial charge >= 0.3 is 0 Å². The number of para-hydroxylation sites is 2. The lowest BCUT2D eigenvalue weighted by Crippen LogP contribution is -2.38. The Morgan fingerprint density at radius 2 is 1.78 bits per heavy atom. The number of piperidine rings is 1. The fraction of sp³-hybridized carbons (Fsp3) is 0.348. The Hall–Kier alpha value is -2.75. The summed E-state index contributed by atoms with van der Waals surface area (Å²) >= 11 is 0. The van der Waals surface area contributed by atoms with Gasteiger partial charge in [0.1, 0.15) is 5.75 Å². The SMILES string of the molecule is Cc1[nH]c2ccccc2c1C1CCN(C(=O)CCOc2ccccc2)CC1. The number of benzene rings is 2. The first kappa shape index (κ1) is 17.7. The third kappa shape index (κ3) is 3.85. The van der Waals surface area contributed by atoms with Crippen molar-refractivity contribution in [3.63, 3.8) is 0 Å². The van der Waals surface area contributed by atoms with Gasteiger partial charge in [0, 0.05) is 29.7 Å². The molecule has 1 aromatic heterocycles. The molecule has 1 N–H and O–H groups in total. The molecule has 0 saturated carbocycles. The number of carbonyl (C=O) groups is 1. The first-order valence-corrected chi connectivity index (χ1v) is 9.75. The van der Waals surface area contributed by atoms with Crippen LogP contribution in [0.15, 0.2) is 54.6 Å². The van der Waals surface area contributed by atoms with Crippen LogP contribution in [0.2, 0.25) is 0 Å². The Morgan fingerprint density at radius 3 is 2.56 bits per heavy atom. The normalized spacial score (nSPS) is 15.2. The van der Waals surface area contributed by atoms with Crippen LogP contribution in [-0.2, 0) is 4.79 Å². The highest BCUT2D eigenvalue weighted by molar-refractivity contribution is 5.85. The third-order valence-electron chi connectivity index (χ3n) is 5.53. The largest absolute Gasteiger partial charge is 0.493 e. The second kappa shape index (κ2) is 7.87. The molecule has 140 valence electrons. The van der Waals surface area contributed by atoms with Crippen LogP contribution in [0.25, 0.3) is 10.9 Å². The fourth-order valence-corrected chi connectivity index (χ4v) is 4.17. The number of nitrogens with zero attached hydrogens (tertiary/aromatic N) is 1. The minimum Gasteiger partial charge on any atom is -0.493 e. The summed E-state index contributed by atoms with van der Waals surface area (Å²) < 4.78 is 5.66. The van der Waals surface area contributed by atoms with Crippen LogP contribution in [0.4, 0.5) is 0 Å². The molecule has 1 fully saturated rings. The number of carbonyl (C=O) groups excluding carboxylic acids is 1. The van der Waals surface area contributed by atoms with Gasteiger partial charge in [0.15, 0.2) is 0 Å². The zero-order chi connectivity index (χ0) is 18.6. The maximum atomic E-state index is 12.5. The van der Waals surface area contributed by atoms with E-state index in [1.807, 2.05) is 35.2 Å². The number of ether oxygens (including phenoxy) is 1. The molecule has 0 bridgehead atoms. The lowest BCUT2D eigenvalue weighted by atomic mass is 9.87. The van der Waals surface area contributed by atoms with E-state index in [1.165, 1.54) is 22.2 Å². The van der Waals surface area contributed by atoms with Crippen LogP contribution in [0, 0.1) is 6.92 Å². The number of likely N-dealkylation sites (tertiary alicyclic amines) is 1. The van der Waals surface area contributed by atoms with Crippen molar-refractivity contribution in [1.29, 1.82) is 0 Å². The summed E-state index contributed by atoms with van der Waals surface area (Å²) in [6.45, 7) is 4.25. The van der Waals surface area contributed by atoms with Gasteiger partial charge in [-0.3, -0.25) is 4.79 Å². The standard InChI is InChI=1S/C23H26N2O2/c1-17-23(20-9-5-6-10-21(20)24-17)18-11-14-25(15-12-18)22(26)13-16-27-19-7-3-2-4-8-19/h2-10,18,24H,11-16H2,1H3. The molecule has 2 aromatic carbocycles. The zero-order valence-electron chi connectivity index (χ0n) is 15.8. The maximum absolute atomic E-state index is 12.5. The molecule has 0 atom stereocenters.